The van der Waals surface area contributed by atoms with E-state index in [4.69, 9.17) is 0 Å². The maximum absolute atomic E-state index is 13.5. The van der Waals surface area contributed by atoms with Crippen molar-refractivity contribution >= 4 is 0 Å². The zero-order valence-corrected chi connectivity index (χ0v) is 9.81. The van der Waals surface area contributed by atoms with Crippen molar-refractivity contribution in [1.82, 2.24) is 0 Å². The summed E-state index contributed by atoms with van der Waals surface area (Å²) in [7, 11) is 0. The number of hydrogen-bond donors (Lipinski definition) is 0. The number of aryl methyl sites for hydroxylation is 1. The van der Waals surface area contributed by atoms with Crippen LogP contribution in [0.15, 0.2) is 18.2 Å². The number of rotatable bonds is 3. The zero-order valence-electron chi connectivity index (χ0n) is 9.81. The van der Waals surface area contributed by atoms with Gasteiger partial charge in [0.15, 0.2) is 0 Å². The first-order valence-corrected chi connectivity index (χ1v) is 5.90. The Morgan fingerprint density at radius 1 is 1.40 bits per heavy atom. The lowest BCUT2D eigenvalue weighted by Crippen LogP contribution is -2.09. The second kappa shape index (κ2) is 3.62. The standard InChI is InChI=1S/C14H19F/c1-4-11-9-14(11,5-2)12-7-6-10(3)13(15)8-12/h6-8,11H,4-5,9H2,1-3H3. The smallest absolute Gasteiger partial charge is 0.126 e. The fourth-order valence-electron chi connectivity index (χ4n) is 2.81. The lowest BCUT2D eigenvalue weighted by molar-refractivity contribution is 0.559. The second-order valence-electron chi connectivity index (χ2n) is 4.78. The molecule has 0 nitrogen and oxygen atoms in total. The summed E-state index contributed by atoms with van der Waals surface area (Å²) in [6, 6.07) is 5.76. The monoisotopic (exact) mass is 206 g/mol. The molecular formula is C14H19F. The van der Waals surface area contributed by atoms with Crippen molar-refractivity contribution in [2.45, 2.75) is 45.4 Å². The summed E-state index contributed by atoms with van der Waals surface area (Å²) in [5, 5.41) is 0. The fourth-order valence-corrected chi connectivity index (χ4v) is 2.81. The van der Waals surface area contributed by atoms with Gasteiger partial charge in [-0.05, 0) is 48.3 Å². The molecule has 1 aliphatic carbocycles. The fraction of sp³-hybridized carbons (Fsp3) is 0.571. The summed E-state index contributed by atoms with van der Waals surface area (Å²) in [5.74, 6) is 0.715. The number of benzene rings is 1. The van der Waals surface area contributed by atoms with Crippen LogP contribution in [-0.4, -0.2) is 0 Å². The van der Waals surface area contributed by atoms with E-state index >= 15 is 0 Å². The molecule has 0 heterocycles. The lowest BCUT2D eigenvalue weighted by atomic mass is 9.89. The SMILES string of the molecule is CCC1CC1(CC)c1ccc(C)c(F)c1. The first-order valence-electron chi connectivity index (χ1n) is 5.90. The van der Waals surface area contributed by atoms with Gasteiger partial charge in [-0.2, -0.15) is 0 Å². The molecule has 2 rings (SSSR count). The van der Waals surface area contributed by atoms with E-state index in [1.165, 1.54) is 18.4 Å². The van der Waals surface area contributed by atoms with Gasteiger partial charge in [0.05, 0.1) is 0 Å². The molecule has 1 fully saturated rings. The molecule has 1 heteroatoms. The average Bonchev–Trinajstić information content (AvgIpc) is 2.97. The minimum Gasteiger partial charge on any atom is -0.207 e. The van der Waals surface area contributed by atoms with Crippen LogP contribution in [0.25, 0.3) is 0 Å². The lowest BCUT2D eigenvalue weighted by Gasteiger charge is -2.16. The number of halogens is 1. The highest BCUT2D eigenvalue weighted by Crippen LogP contribution is 2.58. The van der Waals surface area contributed by atoms with Gasteiger partial charge >= 0.3 is 0 Å². The Bertz CT molecular complexity index is 370. The molecule has 0 aromatic heterocycles. The van der Waals surface area contributed by atoms with E-state index in [2.05, 4.69) is 19.9 Å². The van der Waals surface area contributed by atoms with Crippen molar-refractivity contribution in [2.75, 3.05) is 0 Å². The Balaban J connectivity index is 2.33. The van der Waals surface area contributed by atoms with Gasteiger partial charge < -0.3 is 0 Å². The van der Waals surface area contributed by atoms with Crippen molar-refractivity contribution in [1.29, 1.82) is 0 Å². The number of hydrogen-bond acceptors (Lipinski definition) is 0. The molecule has 1 aliphatic rings. The van der Waals surface area contributed by atoms with Crippen LogP contribution in [0, 0.1) is 18.7 Å². The molecular weight excluding hydrogens is 187 g/mol. The first-order chi connectivity index (χ1) is 7.14. The summed E-state index contributed by atoms with van der Waals surface area (Å²) in [6.45, 7) is 6.27. The Morgan fingerprint density at radius 3 is 2.60 bits per heavy atom. The van der Waals surface area contributed by atoms with Gasteiger partial charge in [0.2, 0.25) is 0 Å². The molecule has 1 saturated carbocycles. The van der Waals surface area contributed by atoms with Crippen LogP contribution in [0.2, 0.25) is 0 Å². The summed E-state index contributed by atoms with van der Waals surface area (Å²) < 4.78 is 13.5. The molecule has 0 spiro atoms. The van der Waals surface area contributed by atoms with Gasteiger partial charge in [-0.3, -0.25) is 0 Å². The van der Waals surface area contributed by atoms with Crippen LogP contribution in [0.1, 0.15) is 44.2 Å². The van der Waals surface area contributed by atoms with Crippen molar-refractivity contribution in [3.05, 3.63) is 35.1 Å². The Labute approximate surface area is 91.5 Å². The van der Waals surface area contributed by atoms with Crippen molar-refractivity contribution < 1.29 is 4.39 Å². The molecule has 0 N–H and O–H groups in total. The maximum atomic E-state index is 13.5. The largest absolute Gasteiger partial charge is 0.207 e. The third-order valence-corrected chi connectivity index (χ3v) is 4.10. The normalized spacial score (nSPS) is 29.2. The van der Waals surface area contributed by atoms with Gasteiger partial charge in [0, 0.05) is 0 Å². The van der Waals surface area contributed by atoms with Crippen LogP contribution in [0.4, 0.5) is 4.39 Å². The Hall–Kier alpha value is -0.850. The molecule has 1 aromatic carbocycles. The minimum absolute atomic E-state index is 0.0536. The summed E-state index contributed by atoms with van der Waals surface area (Å²) >= 11 is 0. The van der Waals surface area contributed by atoms with Gasteiger partial charge in [0.1, 0.15) is 5.82 Å². The van der Waals surface area contributed by atoms with Gasteiger partial charge in [-0.1, -0.05) is 32.4 Å². The molecule has 82 valence electrons. The van der Waals surface area contributed by atoms with Crippen LogP contribution >= 0.6 is 0 Å². The second-order valence-corrected chi connectivity index (χ2v) is 4.78. The molecule has 2 atom stereocenters. The molecule has 0 bridgehead atoms. The average molecular weight is 206 g/mol. The van der Waals surface area contributed by atoms with E-state index in [9.17, 15) is 4.39 Å². The molecule has 1 aromatic rings. The van der Waals surface area contributed by atoms with Gasteiger partial charge in [0.25, 0.3) is 0 Å². The summed E-state index contributed by atoms with van der Waals surface area (Å²) in [6.07, 6.45) is 3.58. The van der Waals surface area contributed by atoms with Gasteiger partial charge in [-0.25, -0.2) is 4.39 Å². The van der Waals surface area contributed by atoms with E-state index in [-0.39, 0.29) is 5.82 Å². The molecule has 0 aliphatic heterocycles. The highest BCUT2D eigenvalue weighted by molar-refractivity contribution is 5.36. The predicted octanol–water partition coefficient (Wildman–Crippen LogP) is 4.21. The van der Waals surface area contributed by atoms with E-state index < -0.39 is 0 Å². The van der Waals surface area contributed by atoms with Crippen LogP contribution in [0.3, 0.4) is 0 Å². The van der Waals surface area contributed by atoms with E-state index in [0.717, 1.165) is 17.9 Å². The van der Waals surface area contributed by atoms with Crippen LogP contribution < -0.4 is 0 Å². The van der Waals surface area contributed by atoms with E-state index in [1.54, 1.807) is 6.07 Å². The van der Waals surface area contributed by atoms with E-state index in [0.29, 0.717) is 5.41 Å². The molecule has 0 amide bonds. The zero-order chi connectivity index (χ0) is 11.1. The van der Waals surface area contributed by atoms with Crippen LogP contribution in [-0.2, 0) is 5.41 Å². The molecule has 0 saturated heterocycles. The minimum atomic E-state index is -0.0536. The van der Waals surface area contributed by atoms with Gasteiger partial charge in [-0.15, -0.1) is 0 Å². The summed E-state index contributed by atoms with van der Waals surface area (Å²) in [5.41, 5.74) is 2.25. The van der Waals surface area contributed by atoms with Crippen molar-refractivity contribution in [3.63, 3.8) is 0 Å². The highest BCUT2D eigenvalue weighted by Gasteiger charge is 2.52. The molecule has 15 heavy (non-hydrogen) atoms. The Morgan fingerprint density at radius 2 is 2.13 bits per heavy atom. The molecule has 0 radical (unpaired) electrons. The molecule has 2 unspecified atom stereocenters. The van der Waals surface area contributed by atoms with Crippen LogP contribution in [0.5, 0.6) is 0 Å². The van der Waals surface area contributed by atoms with Crippen molar-refractivity contribution in [2.24, 2.45) is 5.92 Å². The Kier molecular flexibility index (Phi) is 2.57. The first kappa shape index (κ1) is 10.7. The quantitative estimate of drug-likeness (QED) is 0.695. The maximum Gasteiger partial charge on any atom is 0.126 e. The third-order valence-electron chi connectivity index (χ3n) is 4.10. The van der Waals surface area contributed by atoms with E-state index in [1.807, 2.05) is 13.0 Å². The summed E-state index contributed by atoms with van der Waals surface area (Å²) in [4.78, 5) is 0. The third kappa shape index (κ3) is 1.58. The highest BCUT2D eigenvalue weighted by atomic mass is 19.1. The predicted molar refractivity (Wildman–Crippen MR) is 61.5 cm³/mol. The topological polar surface area (TPSA) is 0 Å². The van der Waals surface area contributed by atoms with Crippen molar-refractivity contribution in [3.8, 4) is 0 Å².